The zero-order valence-corrected chi connectivity index (χ0v) is 13.0. The van der Waals surface area contributed by atoms with E-state index in [2.05, 4.69) is 10.6 Å². The molecule has 122 valence electrons. The number of halogens is 4. The maximum Gasteiger partial charge on any atom is 0.417 e. The lowest BCUT2D eigenvalue weighted by Crippen LogP contribution is -2.46. The second kappa shape index (κ2) is 7.00. The highest BCUT2D eigenvalue weighted by Crippen LogP contribution is 2.36. The van der Waals surface area contributed by atoms with Crippen molar-refractivity contribution >= 4 is 29.1 Å². The van der Waals surface area contributed by atoms with Crippen molar-refractivity contribution in [1.29, 1.82) is 0 Å². The van der Waals surface area contributed by atoms with Crippen LogP contribution in [-0.2, 0) is 15.8 Å². The molecule has 0 saturated heterocycles. The first kappa shape index (κ1) is 18.3. The summed E-state index contributed by atoms with van der Waals surface area (Å²) < 4.78 is 38.3. The van der Waals surface area contributed by atoms with Crippen molar-refractivity contribution in [3.63, 3.8) is 0 Å². The van der Waals surface area contributed by atoms with Crippen LogP contribution in [0.3, 0.4) is 0 Å². The highest BCUT2D eigenvalue weighted by Gasteiger charge is 2.33. The second-order valence-electron chi connectivity index (χ2n) is 5.10. The van der Waals surface area contributed by atoms with Gasteiger partial charge in [-0.1, -0.05) is 25.4 Å². The highest BCUT2D eigenvalue weighted by molar-refractivity contribution is 6.31. The Morgan fingerprint density at radius 1 is 1.23 bits per heavy atom. The molecule has 1 aromatic carbocycles. The minimum absolute atomic E-state index is 0.0438. The van der Waals surface area contributed by atoms with E-state index >= 15 is 0 Å². The lowest BCUT2D eigenvalue weighted by molar-refractivity contribution is -0.137. The lowest BCUT2D eigenvalue weighted by Gasteiger charge is -2.21. The number of amides is 2. The van der Waals surface area contributed by atoms with Crippen LogP contribution in [0.5, 0.6) is 0 Å². The molecule has 8 heteroatoms. The van der Waals surface area contributed by atoms with Gasteiger partial charge in [0.15, 0.2) is 0 Å². The summed E-state index contributed by atoms with van der Waals surface area (Å²) in [6.45, 7) is 4.68. The number of anilines is 1. The van der Waals surface area contributed by atoms with Gasteiger partial charge in [0.05, 0.1) is 10.6 Å². The molecular weight excluding hydrogens is 321 g/mol. The Balaban J connectivity index is 2.99. The molecular formula is C14H16ClF3N2O2. The van der Waals surface area contributed by atoms with Gasteiger partial charge < -0.3 is 10.6 Å². The van der Waals surface area contributed by atoms with Gasteiger partial charge >= 0.3 is 6.18 Å². The number of benzene rings is 1. The third kappa shape index (κ3) is 4.91. The van der Waals surface area contributed by atoms with E-state index in [9.17, 15) is 22.8 Å². The van der Waals surface area contributed by atoms with Crippen molar-refractivity contribution in [3.05, 3.63) is 28.8 Å². The Morgan fingerprint density at radius 2 is 1.82 bits per heavy atom. The van der Waals surface area contributed by atoms with E-state index in [0.717, 1.165) is 12.1 Å². The van der Waals surface area contributed by atoms with Crippen molar-refractivity contribution in [2.75, 3.05) is 5.32 Å². The molecule has 0 aliphatic rings. The number of rotatable bonds is 4. The Bertz CT molecular complexity index is 574. The largest absolute Gasteiger partial charge is 0.417 e. The van der Waals surface area contributed by atoms with Gasteiger partial charge in [-0.3, -0.25) is 9.59 Å². The first-order valence-electron chi connectivity index (χ1n) is 6.47. The van der Waals surface area contributed by atoms with E-state index in [4.69, 9.17) is 11.6 Å². The van der Waals surface area contributed by atoms with Crippen LogP contribution >= 0.6 is 11.6 Å². The number of alkyl halides is 3. The Morgan fingerprint density at radius 3 is 2.27 bits per heavy atom. The second-order valence-corrected chi connectivity index (χ2v) is 5.51. The van der Waals surface area contributed by atoms with Gasteiger partial charge in [-0.2, -0.15) is 13.2 Å². The van der Waals surface area contributed by atoms with Gasteiger partial charge in [0.1, 0.15) is 6.04 Å². The molecule has 0 aliphatic heterocycles. The smallest absolute Gasteiger partial charge is 0.344 e. The molecule has 0 spiro atoms. The molecule has 2 amide bonds. The molecule has 0 heterocycles. The van der Waals surface area contributed by atoms with Gasteiger partial charge in [-0.05, 0) is 24.1 Å². The van der Waals surface area contributed by atoms with E-state index in [1.807, 2.05) is 0 Å². The first-order chi connectivity index (χ1) is 10.0. The molecule has 1 atom stereocenters. The third-order valence-corrected chi connectivity index (χ3v) is 3.18. The third-order valence-electron chi connectivity index (χ3n) is 2.85. The summed E-state index contributed by atoms with van der Waals surface area (Å²) in [7, 11) is 0. The van der Waals surface area contributed by atoms with Crippen LogP contribution in [0, 0.1) is 5.92 Å². The molecule has 0 bridgehead atoms. The molecule has 0 aliphatic carbocycles. The van der Waals surface area contributed by atoms with E-state index in [1.54, 1.807) is 13.8 Å². The number of hydrogen-bond acceptors (Lipinski definition) is 2. The number of hydrogen-bond donors (Lipinski definition) is 2. The van der Waals surface area contributed by atoms with Gasteiger partial charge in [-0.15, -0.1) is 0 Å². The fraction of sp³-hybridized carbons (Fsp3) is 0.429. The summed E-state index contributed by atoms with van der Waals surface area (Å²) >= 11 is 5.51. The highest BCUT2D eigenvalue weighted by atomic mass is 35.5. The van der Waals surface area contributed by atoms with E-state index in [0.29, 0.717) is 0 Å². The molecule has 0 aromatic heterocycles. The number of nitrogens with one attached hydrogen (secondary N) is 2. The zero-order chi connectivity index (χ0) is 17.1. The average molecular weight is 337 g/mol. The molecule has 0 fully saturated rings. The number of carbonyl (C=O) groups excluding carboxylic acids is 2. The lowest BCUT2D eigenvalue weighted by atomic mass is 10.0. The number of carbonyl (C=O) groups is 2. The monoisotopic (exact) mass is 336 g/mol. The van der Waals surface area contributed by atoms with Crippen LogP contribution < -0.4 is 10.6 Å². The molecule has 1 rings (SSSR count). The quantitative estimate of drug-likeness (QED) is 0.884. The molecule has 22 heavy (non-hydrogen) atoms. The molecule has 0 unspecified atom stereocenters. The van der Waals surface area contributed by atoms with Crippen LogP contribution in [-0.4, -0.2) is 17.9 Å². The van der Waals surface area contributed by atoms with Gasteiger partial charge in [-0.25, -0.2) is 0 Å². The fourth-order valence-electron chi connectivity index (χ4n) is 1.79. The Labute approximate surface area is 131 Å². The summed E-state index contributed by atoms with van der Waals surface area (Å²) in [6, 6.07) is 2.23. The fourth-order valence-corrected chi connectivity index (χ4v) is 2.02. The topological polar surface area (TPSA) is 58.2 Å². The van der Waals surface area contributed by atoms with Gasteiger partial charge in [0, 0.05) is 12.6 Å². The van der Waals surface area contributed by atoms with Gasteiger partial charge in [0.2, 0.25) is 11.8 Å². The normalized spacial score (nSPS) is 12.9. The van der Waals surface area contributed by atoms with Crippen LogP contribution in [0.15, 0.2) is 18.2 Å². The Kier molecular flexibility index (Phi) is 5.82. The van der Waals surface area contributed by atoms with E-state index < -0.39 is 34.6 Å². The summed E-state index contributed by atoms with van der Waals surface area (Å²) in [6.07, 6.45) is -4.62. The van der Waals surface area contributed by atoms with Crippen molar-refractivity contribution < 1.29 is 22.8 Å². The van der Waals surface area contributed by atoms with Crippen molar-refractivity contribution in [2.45, 2.75) is 33.0 Å². The summed E-state index contributed by atoms with van der Waals surface area (Å²) in [5.41, 5.74) is -1.08. The maximum atomic E-state index is 12.8. The van der Waals surface area contributed by atoms with Crippen molar-refractivity contribution in [1.82, 2.24) is 5.32 Å². The molecule has 4 nitrogen and oxygen atoms in total. The summed E-state index contributed by atoms with van der Waals surface area (Å²) in [5.74, 6) is -1.22. The maximum absolute atomic E-state index is 12.8. The standard InChI is InChI=1S/C14H16ClF3N2O2/c1-7(2)12(19-8(3)21)13(22)20-9-4-5-11(15)10(6-9)14(16,17)18/h4-7,12H,1-3H3,(H,19,21)(H,20,22)/t12-/m1/s1. The molecule has 0 saturated carbocycles. The summed E-state index contributed by atoms with van der Waals surface area (Å²) in [5, 5.41) is 4.36. The van der Waals surface area contributed by atoms with Crippen LogP contribution in [0.4, 0.5) is 18.9 Å². The summed E-state index contributed by atoms with van der Waals surface area (Å²) in [4.78, 5) is 23.2. The van der Waals surface area contributed by atoms with Crippen LogP contribution in [0.25, 0.3) is 0 Å². The zero-order valence-electron chi connectivity index (χ0n) is 12.2. The molecule has 1 aromatic rings. The van der Waals surface area contributed by atoms with Crippen molar-refractivity contribution in [2.24, 2.45) is 5.92 Å². The molecule has 0 radical (unpaired) electrons. The van der Waals surface area contributed by atoms with E-state index in [-0.39, 0.29) is 11.6 Å². The van der Waals surface area contributed by atoms with E-state index in [1.165, 1.54) is 13.0 Å². The Hall–Kier alpha value is -1.76. The van der Waals surface area contributed by atoms with Crippen LogP contribution in [0.1, 0.15) is 26.3 Å². The SMILES string of the molecule is CC(=O)N[C@@H](C(=O)Nc1ccc(Cl)c(C(F)(F)F)c1)C(C)C. The van der Waals surface area contributed by atoms with Crippen LogP contribution in [0.2, 0.25) is 5.02 Å². The minimum atomic E-state index is -4.62. The average Bonchev–Trinajstić information content (AvgIpc) is 2.36. The predicted octanol–water partition coefficient (Wildman–Crippen LogP) is 3.46. The molecule has 2 N–H and O–H groups in total. The minimum Gasteiger partial charge on any atom is -0.344 e. The predicted molar refractivity (Wildman–Crippen MR) is 77.5 cm³/mol. The van der Waals surface area contributed by atoms with Gasteiger partial charge in [0.25, 0.3) is 0 Å². The van der Waals surface area contributed by atoms with Crippen molar-refractivity contribution in [3.8, 4) is 0 Å². The first-order valence-corrected chi connectivity index (χ1v) is 6.85.